The van der Waals surface area contributed by atoms with Crippen LogP contribution in [0, 0.1) is 13.8 Å². The number of nitrogens with zero attached hydrogens (tertiary/aromatic N) is 3. The Balaban J connectivity index is 1.65. The standard InChI is InChI=1S/C23H25Cl2N5O2S/c1-5-30-21(15(4)26-22(32)16-8-9-17(24)18(25)11-16)28-29-23(30)33-12-20(31)27-19-10-13(2)6-7-14(19)3/h6-11,15H,5,12H2,1-4H3,(H,26,32)(H,27,31)/t15-/m1/s1. The van der Waals surface area contributed by atoms with E-state index in [2.05, 4.69) is 20.8 Å². The zero-order chi connectivity index (χ0) is 24.1. The van der Waals surface area contributed by atoms with E-state index in [4.69, 9.17) is 23.2 Å². The monoisotopic (exact) mass is 505 g/mol. The van der Waals surface area contributed by atoms with Crippen LogP contribution >= 0.6 is 35.0 Å². The predicted molar refractivity (Wildman–Crippen MR) is 133 cm³/mol. The summed E-state index contributed by atoms with van der Waals surface area (Å²) in [5.74, 6) is 0.370. The second kappa shape index (κ2) is 11.0. The first kappa shape index (κ1) is 25.1. The summed E-state index contributed by atoms with van der Waals surface area (Å²) in [5, 5.41) is 15.6. The first-order valence-corrected chi connectivity index (χ1v) is 12.1. The lowest BCUT2D eigenvalue weighted by molar-refractivity contribution is -0.113. The summed E-state index contributed by atoms with van der Waals surface area (Å²) in [6, 6.07) is 10.2. The molecular formula is C23H25Cl2N5O2S. The van der Waals surface area contributed by atoms with E-state index in [0.717, 1.165) is 16.8 Å². The third kappa shape index (κ3) is 6.28. The maximum atomic E-state index is 12.6. The van der Waals surface area contributed by atoms with Gasteiger partial charge in [-0.2, -0.15) is 0 Å². The SMILES string of the molecule is CCn1c(SCC(=O)Nc2cc(C)ccc2C)nnc1[C@@H](C)NC(=O)c1ccc(Cl)c(Cl)c1. The summed E-state index contributed by atoms with van der Waals surface area (Å²) in [4.78, 5) is 25.1. The first-order valence-electron chi connectivity index (χ1n) is 10.4. The number of carbonyl (C=O) groups is 2. The Labute approximate surface area is 207 Å². The molecule has 0 aliphatic heterocycles. The number of halogens is 2. The van der Waals surface area contributed by atoms with Crippen LogP contribution in [0.25, 0.3) is 0 Å². The summed E-state index contributed by atoms with van der Waals surface area (Å²) in [6.07, 6.45) is 0. The van der Waals surface area contributed by atoms with Gasteiger partial charge in [0.1, 0.15) is 0 Å². The van der Waals surface area contributed by atoms with Crippen LogP contribution in [0.5, 0.6) is 0 Å². The summed E-state index contributed by atoms with van der Waals surface area (Å²) in [5.41, 5.74) is 3.29. The predicted octanol–water partition coefficient (Wildman–Crippen LogP) is 5.44. The molecule has 3 rings (SSSR count). The van der Waals surface area contributed by atoms with E-state index in [1.54, 1.807) is 12.1 Å². The lowest BCUT2D eigenvalue weighted by Gasteiger charge is -2.15. The molecule has 0 aliphatic carbocycles. The van der Waals surface area contributed by atoms with Crippen molar-refractivity contribution in [2.45, 2.75) is 45.4 Å². The molecule has 174 valence electrons. The second-order valence-corrected chi connectivity index (χ2v) is 9.32. The zero-order valence-corrected chi connectivity index (χ0v) is 21.1. The number of hydrogen-bond acceptors (Lipinski definition) is 5. The fourth-order valence-electron chi connectivity index (χ4n) is 3.19. The minimum Gasteiger partial charge on any atom is -0.342 e. The molecule has 2 aromatic carbocycles. The van der Waals surface area contributed by atoms with Gasteiger partial charge in [-0.3, -0.25) is 9.59 Å². The molecule has 2 amide bonds. The normalized spacial score (nSPS) is 11.8. The minimum absolute atomic E-state index is 0.123. The third-order valence-corrected chi connectivity index (χ3v) is 6.68. The van der Waals surface area contributed by atoms with E-state index in [-0.39, 0.29) is 17.6 Å². The molecule has 7 nitrogen and oxygen atoms in total. The molecule has 0 fully saturated rings. The highest BCUT2D eigenvalue weighted by Crippen LogP contribution is 2.24. The van der Waals surface area contributed by atoms with Gasteiger partial charge in [0, 0.05) is 17.8 Å². The van der Waals surface area contributed by atoms with E-state index < -0.39 is 6.04 Å². The topological polar surface area (TPSA) is 88.9 Å². The van der Waals surface area contributed by atoms with E-state index in [1.165, 1.54) is 17.8 Å². The fourth-order valence-corrected chi connectivity index (χ4v) is 4.30. The Kier molecular flexibility index (Phi) is 8.40. The Bertz CT molecular complexity index is 1180. The van der Waals surface area contributed by atoms with Crippen LogP contribution in [0.1, 0.15) is 47.2 Å². The van der Waals surface area contributed by atoms with Gasteiger partial charge in [0.25, 0.3) is 5.91 Å². The van der Waals surface area contributed by atoms with Crippen LogP contribution in [0.4, 0.5) is 5.69 Å². The molecule has 2 N–H and O–H groups in total. The van der Waals surface area contributed by atoms with Crippen molar-refractivity contribution < 1.29 is 9.59 Å². The second-order valence-electron chi connectivity index (χ2n) is 7.56. The summed E-state index contributed by atoms with van der Waals surface area (Å²) in [7, 11) is 0. The first-order chi connectivity index (χ1) is 15.7. The smallest absolute Gasteiger partial charge is 0.251 e. The van der Waals surface area contributed by atoms with Gasteiger partial charge in [-0.1, -0.05) is 47.1 Å². The van der Waals surface area contributed by atoms with Crippen molar-refractivity contribution in [1.82, 2.24) is 20.1 Å². The third-order valence-electron chi connectivity index (χ3n) is 4.98. The number of amides is 2. The molecule has 0 aliphatic rings. The summed E-state index contributed by atoms with van der Waals surface area (Å²) >= 11 is 13.2. The van der Waals surface area contributed by atoms with Gasteiger partial charge in [-0.15, -0.1) is 10.2 Å². The number of benzene rings is 2. The molecule has 1 heterocycles. The molecule has 1 aromatic heterocycles. The van der Waals surface area contributed by atoms with Gasteiger partial charge in [-0.05, 0) is 63.1 Å². The quantitative estimate of drug-likeness (QED) is 0.397. The van der Waals surface area contributed by atoms with Crippen LogP contribution < -0.4 is 10.6 Å². The van der Waals surface area contributed by atoms with Crippen molar-refractivity contribution in [3.05, 3.63) is 69.0 Å². The van der Waals surface area contributed by atoms with Crippen molar-refractivity contribution in [2.75, 3.05) is 11.1 Å². The Morgan fingerprint density at radius 2 is 1.85 bits per heavy atom. The number of thioether (sulfide) groups is 1. The summed E-state index contributed by atoms with van der Waals surface area (Å²) in [6.45, 7) is 8.32. The van der Waals surface area contributed by atoms with Gasteiger partial charge < -0.3 is 15.2 Å². The molecular weight excluding hydrogens is 481 g/mol. The van der Waals surface area contributed by atoms with E-state index >= 15 is 0 Å². The van der Waals surface area contributed by atoms with E-state index in [1.807, 2.05) is 50.5 Å². The number of aryl methyl sites for hydroxylation is 2. The molecule has 10 heteroatoms. The summed E-state index contributed by atoms with van der Waals surface area (Å²) < 4.78 is 1.88. The number of nitrogens with one attached hydrogen (secondary N) is 2. The highest BCUT2D eigenvalue weighted by atomic mass is 35.5. The average Bonchev–Trinajstić information content (AvgIpc) is 3.19. The van der Waals surface area contributed by atoms with Gasteiger partial charge in [0.2, 0.25) is 5.91 Å². The van der Waals surface area contributed by atoms with Crippen molar-refractivity contribution in [1.29, 1.82) is 0 Å². The van der Waals surface area contributed by atoms with Gasteiger partial charge in [0.05, 0.1) is 21.8 Å². The van der Waals surface area contributed by atoms with Crippen molar-refractivity contribution in [2.24, 2.45) is 0 Å². The number of aromatic nitrogens is 3. The van der Waals surface area contributed by atoms with E-state index in [0.29, 0.717) is 33.1 Å². The Morgan fingerprint density at radius 1 is 1.09 bits per heavy atom. The van der Waals surface area contributed by atoms with Gasteiger partial charge in [-0.25, -0.2) is 0 Å². The van der Waals surface area contributed by atoms with Crippen LogP contribution in [0.3, 0.4) is 0 Å². The van der Waals surface area contributed by atoms with Crippen molar-refractivity contribution >= 4 is 52.5 Å². The van der Waals surface area contributed by atoms with Crippen LogP contribution in [0.15, 0.2) is 41.6 Å². The lowest BCUT2D eigenvalue weighted by Crippen LogP contribution is -2.28. The van der Waals surface area contributed by atoms with E-state index in [9.17, 15) is 9.59 Å². The molecule has 0 saturated heterocycles. The zero-order valence-electron chi connectivity index (χ0n) is 18.8. The minimum atomic E-state index is -0.405. The number of rotatable bonds is 8. The maximum Gasteiger partial charge on any atom is 0.251 e. The molecule has 0 spiro atoms. The number of anilines is 1. The highest BCUT2D eigenvalue weighted by Gasteiger charge is 2.20. The maximum absolute atomic E-state index is 12.6. The van der Waals surface area contributed by atoms with Crippen molar-refractivity contribution in [3.8, 4) is 0 Å². The Hall–Kier alpha value is -2.55. The molecule has 1 atom stereocenters. The number of carbonyl (C=O) groups excluding carboxylic acids is 2. The van der Waals surface area contributed by atoms with Crippen LogP contribution in [0.2, 0.25) is 10.0 Å². The van der Waals surface area contributed by atoms with Crippen LogP contribution in [-0.4, -0.2) is 32.3 Å². The van der Waals surface area contributed by atoms with Gasteiger partial charge >= 0.3 is 0 Å². The number of hydrogen-bond donors (Lipinski definition) is 2. The highest BCUT2D eigenvalue weighted by molar-refractivity contribution is 7.99. The molecule has 0 unspecified atom stereocenters. The fraction of sp³-hybridized carbons (Fsp3) is 0.304. The molecule has 0 saturated carbocycles. The molecule has 0 bridgehead atoms. The molecule has 3 aromatic rings. The molecule has 0 radical (unpaired) electrons. The van der Waals surface area contributed by atoms with Gasteiger partial charge in [0.15, 0.2) is 11.0 Å². The van der Waals surface area contributed by atoms with Crippen LogP contribution in [-0.2, 0) is 11.3 Å². The molecule has 33 heavy (non-hydrogen) atoms. The lowest BCUT2D eigenvalue weighted by atomic mass is 10.1. The average molecular weight is 506 g/mol. The Morgan fingerprint density at radius 3 is 2.55 bits per heavy atom. The van der Waals surface area contributed by atoms with Crippen molar-refractivity contribution in [3.63, 3.8) is 0 Å². The largest absolute Gasteiger partial charge is 0.342 e.